The van der Waals surface area contributed by atoms with Gasteiger partial charge in [-0.05, 0) is 12.8 Å². The van der Waals surface area contributed by atoms with E-state index >= 15 is 0 Å². The molecule has 2 aromatic rings. The zero-order chi connectivity index (χ0) is 20.0. The van der Waals surface area contributed by atoms with E-state index in [2.05, 4.69) is 20.1 Å². The molecule has 1 aliphatic carbocycles. The summed E-state index contributed by atoms with van der Waals surface area (Å²) in [5.74, 6) is 1.37. The van der Waals surface area contributed by atoms with E-state index in [1.165, 1.54) is 12.7 Å². The van der Waals surface area contributed by atoms with Crippen LogP contribution in [0.3, 0.4) is 0 Å². The van der Waals surface area contributed by atoms with Crippen LogP contribution in [0, 0.1) is 5.92 Å². The lowest BCUT2D eigenvalue weighted by molar-refractivity contribution is -0.137. The molecule has 29 heavy (non-hydrogen) atoms. The van der Waals surface area contributed by atoms with Crippen molar-refractivity contribution < 1.29 is 13.2 Å². The van der Waals surface area contributed by atoms with E-state index in [0.29, 0.717) is 45.1 Å². The van der Waals surface area contributed by atoms with Crippen LogP contribution in [0.2, 0.25) is 0 Å². The van der Waals surface area contributed by atoms with Gasteiger partial charge in [-0.25, -0.2) is 28.1 Å². The first-order valence-corrected chi connectivity index (χ1v) is 11.2. The van der Waals surface area contributed by atoms with Crippen LogP contribution >= 0.6 is 0 Å². The van der Waals surface area contributed by atoms with Crippen LogP contribution in [0.25, 0.3) is 5.82 Å². The molecule has 0 bridgehead atoms. The maximum absolute atomic E-state index is 12.8. The summed E-state index contributed by atoms with van der Waals surface area (Å²) in [4.78, 5) is 29.0. The van der Waals surface area contributed by atoms with Gasteiger partial charge < -0.3 is 9.80 Å². The van der Waals surface area contributed by atoms with E-state index in [1.807, 2.05) is 11.0 Å². The standard InChI is InChI=1S/C17H22N8O3S/c26-17(22-3-5-24(6-4-22)29(27,28)14-1-2-14)13-8-23(9-13)15-7-16(20-11-19-15)25-12-18-10-21-25/h7,10-14H,1-6,8-9H2. The molecular weight excluding hydrogens is 396 g/mol. The average Bonchev–Trinajstić information content (AvgIpc) is 3.43. The number of amides is 1. The van der Waals surface area contributed by atoms with Crippen molar-refractivity contribution in [3.63, 3.8) is 0 Å². The number of aromatic nitrogens is 5. The number of nitrogens with zero attached hydrogens (tertiary/aromatic N) is 8. The summed E-state index contributed by atoms with van der Waals surface area (Å²) in [7, 11) is -3.16. The molecule has 2 saturated heterocycles. The first-order valence-electron chi connectivity index (χ1n) is 9.72. The van der Waals surface area contributed by atoms with Gasteiger partial charge in [0.05, 0.1) is 11.2 Å². The molecule has 11 nitrogen and oxygen atoms in total. The van der Waals surface area contributed by atoms with Crippen molar-refractivity contribution in [2.24, 2.45) is 5.92 Å². The fourth-order valence-corrected chi connectivity index (χ4v) is 5.61. The minimum Gasteiger partial charge on any atom is -0.355 e. The highest BCUT2D eigenvalue weighted by Gasteiger charge is 2.42. The molecule has 4 heterocycles. The molecule has 154 valence electrons. The van der Waals surface area contributed by atoms with Crippen molar-refractivity contribution in [1.82, 2.24) is 33.9 Å². The molecule has 0 radical (unpaired) electrons. The maximum Gasteiger partial charge on any atom is 0.229 e. The third-order valence-electron chi connectivity index (χ3n) is 5.70. The van der Waals surface area contributed by atoms with E-state index in [1.54, 1.807) is 20.2 Å². The predicted molar refractivity (Wildman–Crippen MR) is 103 cm³/mol. The molecule has 3 aliphatic rings. The lowest BCUT2D eigenvalue weighted by atomic mass is 9.98. The Kier molecular flexibility index (Phi) is 4.46. The first-order chi connectivity index (χ1) is 14.0. The van der Waals surface area contributed by atoms with Gasteiger partial charge in [0.15, 0.2) is 5.82 Å². The molecule has 12 heteroatoms. The monoisotopic (exact) mass is 418 g/mol. The van der Waals surface area contributed by atoms with Gasteiger partial charge in [-0.2, -0.15) is 9.40 Å². The molecule has 1 saturated carbocycles. The minimum absolute atomic E-state index is 0.0913. The SMILES string of the molecule is O=C(C1CN(c2cc(-n3cncn3)ncn2)C1)N1CCN(S(=O)(=O)C2CC2)CC1. The van der Waals surface area contributed by atoms with Gasteiger partial charge in [0, 0.05) is 45.3 Å². The van der Waals surface area contributed by atoms with Crippen molar-refractivity contribution in [2.75, 3.05) is 44.2 Å². The van der Waals surface area contributed by atoms with E-state index in [4.69, 9.17) is 0 Å². The Balaban J connectivity index is 1.16. The van der Waals surface area contributed by atoms with Crippen LogP contribution < -0.4 is 4.90 Å². The molecular formula is C17H22N8O3S. The smallest absolute Gasteiger partial charge is 0.229 e. The van der Waals surface area contributed by atoms with Crippen molar-refractivity contribution in [1.29, 1.82) is 0 Å². The van der Waals surface area contributed by atoms with Gasteiger partial charge in [0.1, 0.15) is 24.8 Å². The van der Waals surface area contributed by atoms with Crippen LogP contribution in [0.15, 0.2) is 25.0 Å². The molecule has 0 unspecified atom stereocenters. The summed E-state index contributed by atoms with van der Waals surface area (Å²) in [6.45, 7) is 2.90. The third kappa shape index (κ3) is 3.46. The molecule has 3 fully saturated rings. The van der Waals surface area contributed by atoms with Crippen LogP contribution in [0.5, 0.6) is 0 Å². The molecule has 1 amide bonds. The van der Waals surface area contributed by atoms with Crippen LogP contribution in [0.1, 0.15) is 12.8 Å². The fourth-order valence-electron chi connectivity index (χ4n) is 3.78. The van der Waals surface area contributed by atoms with Gasteiger partial charge >= 0.3 is 0 Å². The summed E-state index contributed by atoms with van der Waals surface area (Å²) in [5, 5.41) is 3.87. The zero-order valence-electron chi connectivity index (χ0n) is 15.8. The fraction of sp³-hybridized carbons (Fsp3) is 0.588. The minimum atomic E-state index is -3.16. The molecule has 0 aromatic carbocycles. The number of sulfonamides is 1. The van der Waals surface area contributed by atoms with Gasteiger partial charge in [-0.1, -0.05) is 0 Å². The lowest BCUT2D eigenvalue weighted by Crippen LogP contribution is -2.58. The number of piperazine rings is 1. The highest BCUT2D eigenvalue weighted by atomic mass is 32.2. The number of carbonyl (C=O) groups is 1. The number of carbonyl (C=O) groups excluding carboxylic acids is 1. The van der Waals surface area contributed by atoms with E-state index < -0.39 is 10.0 Å². The second-order valence-electron chi connectivity index (χ2n) is 7.64. The Labute approximate surface area is 168 Å². The van der Waals surface area contributed by atoms with Crippen molar-refractivity contribution in [3.05, 3.63) is 25.0 Å². The lowest BCUT2D eigenvalue weighted by Gasteiger charge is -2.43. The second kappa shape index (κ2) is 7.02. The summed E-state index contributed by atoms with van der Waals surface area (Å²) in [6.07, 6.45) is 6.01. The first kappa shape index (κ1) is 18.4. The number of anilines is 1. The van der Waals surface area contributed by atoms with Crippen LogP contribution in [-0.2, 0) is 14.8 Å². The van der Waals surface area contributed by atoms with Crippen molar-refractivity contribution in [2.45, 2.75) is 18.1 Å². The maximum atomic E-state index is 12.8. The topological polar surface area (TPSA) is 117 Å². The van der Waals surface area contributed by atoms with Crippen molar-refractivity contribution in [3.8, 4) is 5.82 Å². The summed E-state index contributed by atoms with van der Waals surface area (Å²) >= 11 is 0. The number of rotatable bonds is 5. The van der Waals surface area contributed by atoms with Gasteiger partial charge in [0.2, 0.25) is 15.9 Å². The Hall–Kier alpha value is -2.60. The van der Waals surface area contributed by atoms with Crippen LogP contribution in [-0.4, -0.2) is 92.8 Å². The molecule has 2 aliphatic heterocycles. The molecule has 0 atom stereocenters. The Morgan fingerprint density at radius 3 is 2.38 bits per heavy atom. The quantitative estimate of drug-likeness (QED) is 0.615. The summed E-state index contributed by atoms with van der Waals surface area (Å²) in [5.41, 5.74) is 0. The molecule has 0 N–H and O–H groups in total. The summed E-state index contributed by atoms with van der Waals surface area (Å²) in [6, 6.07) is 1.82. The molecule has 0 spiro atoms. The van der Waals surface area contributed by atoms with Gasteiger partial charge in [-0.15, -0.1) is 0 Å². The predicted octanol–water partition coefficient (Wildman–Crippen LogP) is -0.870. The Morgan fingerprint density at radius 2 is 1.72 bits per heavy atom. The Morgan fingerprint density at radius 1 is 1.00 bits per heavy atom. The normalized spacial score (nSPS) is 21.2. The van der Waals surface area contributed by atoms with E-state index in [9.17, 15) is 13.2 Å². The Bertz CT molecular complexity index is 993. The van der Waals surface area contributed by atoms with Crippen LogP contribution in [0.4, 0.5) is 5.82 Å². The average molecular weight is 418 g/mol. The highest BCUT2D eigenvalue weighted by Crippen LogP contribution is 2.32. The second-order valence-corrected chi connectivity index (χ2v) is 9.86. The van der Waals surface area contributed by atoms with Gasteiger partial charge in [0.25, 0.3) is 0 Å². The van der Waals surface area contributed by atoms with E-state index in [0.717, 1.165) is 18.7 Å². The summed E-state index contributed by atoms with van der Waals surface area (Å²) < 4.78 is 27.8. The molecule has 2 aromatic heterocycles. The van der Waals surface area contributed by atoms with Gasteiger partial charge in [-0.3, -0.25) is 4.79 Å². The van der Waals surface area contributed by atoms with E-state index in [-0.39, 0.29) is 17.1 Å². The number of hydrogen-bond donors (Lipinski definition) is 0. The largest absolute Gasteiger partial charge is 0.355 e. The zero-order valence-corrected chi connectivity index (χ0v) is 16.6. The molecule has 5 rings (SSSR count). The number of hydrogen-bond acceptors (Lipinski definition) is 8. The van der Waals surface area contributed by atoms with Crippen molar-refractivity contribution >= 4 is 21.7 Å². The third-order valence-corrected chi connectivity index (χ3v) is 8.10. The highest BCUT2D eigenvalue weighted by molar-refractivity contribution is 7.90.